The number of carbonyl (C=O) groups is 2. The number of anilines is 1. The first kappa shape index (κ1) is 32.3. The fourth-order valence-corrected chi connectivity index (χ4v) is 6.94. The summed E-state index contributed by atoms with van der Waals surface area (Å²) in [6.45, 7) is 9.09. The molecule has 0 N–H and O–H groups in total. The minimum absolute atomic E-state index is 0.0134. The van der Waals surface area contributed by atoms with E-state index in [0.29, 0.717) is 34.4 Å². The molecule has 3 aromatic rings. The maximum atomic E-state index is 14.3. The smallest absolute Gasteiger partial charge is 0.253 e. The van der Waals surface area contributed by atoms with Crippen molar-refractivity contribution in [3.8, 4) is 5.75 Å². The van der Waals surface area contributed by atoms with Gasteiger partial charge in [0.1, 0.15) is 11.6 Å². The van der Waals surface area contributed by atoms with E-state index in [1.807, 2.05) is 57.3 Å². The average Bonchev–Trinajstić information content (AvgIpc) is 3.30. The molecule has 6 nitrogen and oxygen atoms in total. The number of piperidine rings is 1. The highest BCUT2D eigenvalue weighted by Gasteiger charge is 2.46. The largest absolute Gasteiger partial charge is 0.491 e. The van der Waals surface area contributed by atoms with Crippen LogP contribution in [0.2, 0.25) is 10.0 Å². The van der Waals surface area contributed by atoms with Crippen LogP contribution in [0.1, 0.15) is 67.4 Å². The fourth-order valence-electron chi connectivity index (χ4n) is 6.63. The van der Waals surface area contributed by atoms with Crippen molar-refractivity contribution in [2.45, 2.75) is 57.5 Å². The second kappa shape index (κ2) is 13.5. The van der Waals surface area contributed by atoms with E-state index < -0.39 is 0 Å². The van der Waals surface area contributed by atoms with Crippen molar-refractivity contribution in [1.82, 2.24) is 9.80 Å². The molecule has 0 bridgehead atoms. The Bertz CT molecular complexity index is 1520. The Labute approximate surface area is 269 Å². The van der Waals surface area contributed by atoms with Gasteiger partial charge in [-0.25, -0.2) is 4.39 Å². The molecule has 0 saturated carbocycles. The number of hydrogen-bond acceptors (Lipinski definition) is 4. The third kappa shape index (κ3) is 7.06. The Kier molecular flexibility index (Phi) is 9.88. The summed E-state index contributed by atoms with van der Waals surface area (Å²) >= 11 is 12.7. The van der Waals surface area contributed by atoms with Crippen LogP contribution in [0.5, 0.6) is 5.75 Å². The second-order valence-electron chi connectivity index (χ2n) is 12.4. The standard InChI is InChI=1S/C35H40Cl2FN3O3/c1-23(2)44-29-7-5-6-26(18-29)34(43)39(4)21-27(25-8-10-31(36)32(37)19-25)12-15-40-16-13-35(14-17-40)22-41(24(3)42)33-11-9-28(38)20-30(33)35/h5-11,18-20,23,27H,12-17,21-22H2,1-4H3. The quantitative estimate of drug-likeness (QED) is 0.242. The van der Waals surface area contributed by atoms with E-state index in [0.717, 1.165) is 55.7 Å². The molecule has 44 heavy (non-hydrogen) atoms. The monoisotopic (exact) mass is 639 g/mol. The molecule has 9 heteroatoms. The number of rotatable bonds is 9. The van der Waals surface area contributed by atoms with E-state index in [1.165, 1.54) is 6.07 Å². The van der Waals surface area contributed by atoms with Crippen molar-refractivity contribution in [2.75, 3.05) is 44.7 Å². The van der Waals surface area contributed by atoms with Crippen LogP contribution in [-0.4, -0.2) is 67.5 Å². The lowest BCUT2D eigenvalue weighted by Gasteiger charge is -2.40. The zero-order chi connectivity index (χ0) is 31.6. The van der Waals surface area contributed by atoms with Crippen molar-refractivity contribution in [3.63, 3.8) is 0 Å². The minimum Gasteiger partial charge on any atom is -0.491 e. The maximum Gasteiger partial charge on any atom is 0.253 e. The molecule has 2 aliphatic heterocycles. The van der Waals surface area contributed by atoms with Gasteiger partial charge >= 0.3 is 0 Å². The first-order valence-corrected chi connectivity index (χ1v) is 16.0. The predicted octanol–water partition coefficient (Wildman–Crippen LogP) is 7.57. The normalized spacial score (nSPS) is 16.7. The topological polar surface area (TPSA) is 53.1 Å². The van der Waals surface area contributed by atoms with E-state index >= 15 is 0 Å². The number of amides is 2. The molecule has 1 fully saturated rings. The van der Waals surface area contributed by atoms with Crippen LogP contribution in [-0.2, 0) is 10.2 Å². The zero-order valence-corrected chi connectivity index (χ0v) is 27.3. The predicted molar refractivity (Wildman–Crippen MR) is 175 cm³/mol. The van der Waals surface area contributed by atoms with Crippen LogP contribution in [0, 0.1) is 5.82 Å². The van der Waals surface area contributed by atoms with Crippen LogP contribution >= 0.6 is 23.2 Å². The summed E-state index contributed by atoms with van der Waals surface area (Å²) in [4.78, 5) is 31.9. The molecule has 2 heterocycles. The Morgan fingerprint density at radius 1 is 1.02 bits per heavy atom. The van der Waals surface area contributed by atoms with Crippen molar-refractivity contribution in [1.29, 1.82) is 0 Å². The minimum atomic E-state index is -0.265. The van der Waals surface area contributed by atoms with E-state index in [9.17, 15) is 14.0 Å². The van der Waals surface area contributed by atoms with Gasteiger partial charge in [-0.1, -0.05) is 35.3 Å². The summed E-state index contributed by atoms with van der Waals surface area (Å²) in [5.74, 6) is 0.338. The lowest BCUT2D eigenvalue weighted by molar-refractivity contribution is -0.116. The molecule has 0 aromatic heterocycles. The van der Waals surface area contributed by atoms with Gasteiger partial charge in [-0.2, -0.15) is 0 Å². The number of likely N-dealkylation sites (N-methyl/N-ethyl adjacent to an activating group) is 1. The van der Waals surface area contributed by atoms with Gasteiger partial charge in [0.2, 0.25) is 5.91 Å². The first-order valence-electron chi connectivity index (χ1n) is 15.2. The highest BCUT2D eigenvalue weighted by atomic mass is 35.5. The van der Waals surface area contributed by atoms with Crippen molar-refractivity contribution in [2.24, 2.45) is 0 Å². The summed E-state index contributed by atoms with van der Waals surface area (Å²) < 4.78 is 20.1. The molecule has 2 amide bonds. The molecule has 3 aromatic carbocycles. The Morgan fingerprint density at radius 3 is 2.45 bits per heavy atom. The van der Waals surface area contributed by atoms with Gasteiger partial charge in [0.25, 0.3) is 5.91 Å². The van der Waals surface area contributed by atoms with Crippen LogP contribution in [0.15, 0.2) is 60.7 Å². The van der Waals surface area contributed by atoms with Gasteiger partial charge in [0.05, 0.1) is 16.1 Å². The van der Waals surface area contributed by atoms with Gasteiger partial charge < -0.3 is 19.4 Å². The van der Waals surface area contributed by atoms with Crippen molar-refractivity contribution in [3.05, 3.63) is 93.2 Å². The maximum absolute atomic E-state index is 14.3. The third-order valence-electron chi connectivity index (χ3n) is 8.98. The Morgan fingerprint density at radius 2 is 1.77 bits per heavy atom. The van der Waals surface area contributed by atoms with Gasteiger partial charge in [0.15, 0.2) is 0 Å². The zero-order valence-electron chi connectivity index (χ0n) is 25.8. The number of ether oxygens (including phenoxy) is 1. The summed E-state index contributed by atoms with van der Waals surface area (Å²) in [5.41, 5.74) is 3.16. The Balaban J connectivity index is 1.28. The van der Waals surface area contributed by atoms with Crippen molar-refractivity contribution >= 4 is 40.7 Å². The molecule has 0 radical (unpaired) electrons. The van der Waals surface area contributed by atoms with E-state index in [-0.39, 0.29) is 35.1 Å². The molecule has 1 saturated heterocycles. The van der Waals surface area contributed by atoms with E-state index in [4.69, 9.17) is 27.9 Å². The molecule has 2 aliphatic rings. The molecular formula is C35H40Cl2FN3O3. The SMILES string of the molecule is CC(=O)N1CC2(CCN(CCC(CN(C)C(=O)c3cccc(OC(C)C)c3)c3ccc(Cl)c(Cl)c3)CC2)c2cc(F)ccc21. The van der Waals surface area contributed by atoms with Gasteiger partial charge in [-0.05, 0) is 112 Å². The molecular weight excluding hydrogens is 600 g/mol. The summed E-state index contributed by atoms with van der Waals surface area (Å²) in [7, 11) is 1.82. The summed E-state index contributed by atoms with van der Waals surface area (Å²) in [6.07, 6.45) is 2.51. The summed E-state index contributed by atoms with van der Waals surface area (Å²) in [6, 6.07) is 17.8. The molecule has 234 valence electrons. The first-order chi connectivity index (χ1) is 21.0. The number of likely N-dealkylation sites (tertiary alicyclic amines) is 1. The molecule has 1 spiro atoms. The summed E-state index contributed by atoms with van der Waals surface area (Å²) in [5, 5.41) is 0.985. The van der Waals surface area contributed by atoms with Gasteiger partial charge in [-0.3, -0.25) is 9.59 Å². The number of halogens is 3. The van der Waals surface area contributed by atoms with Gasteiger partial charge in [-0.15, -0.1) is 0 Å². The van der Waals surface area contributed by atoms with Crippen molar-refractivity contribution < 1.29 is 18.7 Å². The number of nitrogens with zero attached hydrogens (tertiary/aromatic N) is 3. The van der Waals surface area contributed by atoms with Crippen LogP contribution in [0.3, 0.4) is 0 Å². The van der Waals surface area contributed by atoms with Crippen LogP contribution < -0.4 is 9.64 Å². The molecule has 5 rings (SSSR count). The van der Waals surface area contributed by atoms with E-state index in [2.05, 4.69) is 4.90 Å². The van der Waals surface area contributed by atoms with Crippen LogP contribution in [0.4, 0.5) is 10.1 Å². The van der Waals surface area contributed by atoms with Crippen LogP contribution in [0.25, 0.3) is 0 Å². The molecule has 0 aliphatic carbocycles. The third-order valence-corrected chi connectivity index (χ3v) is 9.72. The number of hydrogen-bond donors (Lipinski definition) is 0. The fraction of sp³-hybridized carbons (Fsp3) is 0.429. The highest BCUT2D eigenvalue weighted by molar-refractivity contribution is 6.42. The average molecular weight is 641 g/mol. The molecule has 1 atom stereocenters. The number of carbonyl (C=O) groups excluding carboxylic acids is 2. The molecule has 1 unspecified atom stereocenters. The lowest BCUT2D eigenvalue weighted by Crippen LogP contribution is -2.46. The van der Waals surface area contributed by atoms with E-state index in [1.54, 1.807) is 34.9 Å². The number of fused-ring (bicyclic) bond motifs is 2. The highest BCUT2D eigenvalue weighted by Crippen LogP contribution is 2.47. The lowest BCUT2D eigenvalue weighted by atomic mass is 9.74. The number of benzene rings is 3. The second-order valence-corrected chi connectivity index (χ2v) is 13.2. The Hall–Kier alpha value is -3.13. The van der Waals surface area contributed by atoms with Gasteiger partial charge in [0, 0.05) is 49.6 Å².